The molecule has 0 amide bonds. The maximum absolute atomic E-state index is 11.2. The van der Waals surface area contributed by atoms with E-state index in [1.807, 2.05) is 0 Å². The van der Waals surface area contributed by atoms with Crippen molar-refractivity contribution in [1.82, 2.24) is 0 Å². The first-order valence-corrected chi connectivity index (χ1v) is 6.61. The Hall–Kier alpha value is -0.630. The third-order valence-corrected chi connectivity index (χ3v) is 2.69. The van der Waals surface area contributed by atoms with Crippen LogP contribution in [-0.4, -0.2) is 17.5 Å². The van der Waals surface area contributed by atoms with Gasteiger partial charge in [0.1, 0.15) is 0 Å². The van der Waals surface area contributed by atoms with Gasteiger partial charge in [-0.15, -0.1) is 0 Å². The Kier molecular flexibility index (Phi) is 11.9. The third-order valence-electron chi connectivity index (χ3n) is 2.69. The second kappa shape index (κ2) is 12.4. The van der Waals surface area contributed by atoms with Crippen molar-refractivity contribution in [3.63, 3.8) is 0 Å². The van der Waals surface area contributed by atoms with E-state index in [-0.39, 0.29) is 12.4 Å². The summed E-state index contributed by atoms with van der Waals surface area (Å²) in [5.74, 6) is 0.139. The van der Waals surface area contributed by atoms with Crippen molar-refractivity contribution in [3.8, 4) is 0 Å². The molecule has 2 nitrogen and oxygen atoms in total. The van der Waals surface area contributed by atoms with Gasteiger partial charge in [-0.3, -0.25) is 4.79 Å². The highest BCUT2D eigenvalue weighted by Gasteiger charge is 1.96. The highest BCUT2D eigenvalue weighted by atomic mass is 16.2. The molecular weight excluding hydrogens is 200 g/mol. The fraction of sp³-hybridized carbons (Fsp3) is 0.786. The molecule has 0 aromatic heterocycles. The number of hydrogen-bond donors (Lipinski definition) is 1. The van der Waals surface area contributed by atoms with Crippen molar-refractivity contribution in [2.45, 2.75) is 64.7 Å². The Balaban J connectivity index is 3.14. The van der Waals surface area contributed by atoms with Crippen LogP contribution in [0.4, 0.5) is 0 Å². The van der Waals surface area contributed by atoms with E-state index in [0.29, 0.717) is 6.42 Å². The fourth-order valence-electron chi connectivity index (χ4n) is 1.70. The fourth-order valence-corrected chi connectivity index (χ4v) is 1.70. The maximum atomic E-state index is 11.2. The molecule has 0 unspecified atom stereocenters. The second-order valence-corrected chi connectivity index (χ2v) is 4.28. The third kappa shape index (κ3) is 11.4. The summed E-state index contributed by atoms with van der Waals surface area (Å²) in [5, 5.41) is 8.49. The van der Waals surface area contributed by atoms with Gasteiger partial charge in [-0.05, 0) is 12.5 Å². The van der Waals surface area contributed by atoms with E-state index in [4.69, 9.17) is 5.11 Å². The summed E-state index contributed by atoms with van der Waals surface area (Å²) in [6.07, 6.45) is 13.7. The van der Waals surface area contributed by atoms with Gasteiger partial charge < -0.3 is 5.11 Å². The molecule has 0 heterocycles. The van der Waals surface area contributed by atoms with Crippen LogP contribution in [0, 0.1) is 0 Å². The lowest BCUT2D eigenvalue weighted by Crippen LogP contribution is -1.93. The zero-order valence-corrected chi connectivity index (χ0v) is 10.6. The lowest BCUT2D eigenvalue weighted by atomic mass is 10.1. The number of carbonyl (C=O) groups is 1. The molecule has 2 heteroatoms. The van der Waals surface area contributed by atoms with Crippen molar-refractivity contribution >= 4 is 5.78 Å². The summed E-state index contributed by atoms with van der Waals surface area (Å²) in [7, 11) is 0. The number of aliphatic hydroxyl groups excluding tert-OH is 1. The minimum absolute atomic E-state index is 0.0385. The number of allylic oxidation sites excluding steroid dienone is 1. The van der Waals surface area contributed by atoms with Crippen LogP contribution in [0.5, 0.6) is 0 Å². The highest BCUT2D eigenvalue weighted by Crippen LogP contribution is 2.09. The summed E-state index contributed by atoms with van der Waals surface area (Å²) >= 11 is 0. The van der Waals surface area contributed by atoms with E-state index in [1.54, 1.807) is 0 Å². The van der Waals surface area contributed by atoms with Crippen LogP contribution < -0.4 is 0 Å². The van der Waals surface area contributed by atoms with Gasteiger partial charge in [0.15, 0.2) is 5.78 Å². The van der Waals surface area contributed by atoms with Crippen molar-refractivity contribution in [2.75, 3.05) is 6.61 Å². The molecule has 0 saturated heterocycles. The van der Waals surface area contributed by atoms with E-state index in [1.165, 1.54) is 50.7 Å². The van der Waals surface area contributed by atoms with Gasteiger partial charge in [-0.25, -0.2) is 0 Å². The van der Waals surface area contributed by atoms with Crippen molar-refractivity contribution in [1.29, 1.82) is 0 Å². The molecule has 1 N–H and O–H groups in total. The quantitative estimate of drug-likeness (QED) is 0.431. The number of ketones is 1. The lowest BCUT2D eigenvalue weighted by Gasteiger charge is -2.00. The molecule has 0 bridgehead atoms. The molecule has 94 valence electrons. The van der Waals surface area contributed by atoms with Crippen LogP contribution in [-0.2, 0) is 4.79 Å². The van der Waals surface area contributed by atoms with Gasteiger partial charge in [-0.1, -0.05) is 57.9 Å². The predicted molar refractivity (Wildman–Crippen MR) is 68.5 cm³/mol. The Morgan fingerprint density at radius 2 is 1.56 bits per heavy atom. The Bertz CT molecular complexity index is 185. The smallest absolute Gasteiger partial charge is 0.155 e. The summed E-state index contributed by atoms with van der Waals surface area (Å²) in [6.45, 7) is 2.19. The first-order chi connectivity index (χ1) is 7.81. The molecule has 0 aromatic carbocycles. The van der Waals surface area contributed by atoms with Gasteiger partial charge in [-0.2, -0.15) is 0 Å². The molecule has 0 aliphatic heterocycles. The molecule has 0 radical (unpaired) electrons. The molecule has 0 aliphatic carbocycles. The normalized spacial score (nSPS) is 11.1. The van der Waals surface area contributed by atoms with E-state index < -0.39 is 0 Å². The van der Waals surface area contributed by atoms with Gasteiger partial charge in [0.25, 0.3) is 0 Å². The molecule has 0 rings (SSSR count). The number of carbonyl (C=O) groups excluding carboxylic acids is 1. The molecule has 0 saturated carbocycles. The summed E-state index contributed by atoms with van der Waals surface area (Å²) in [6, 6.07) is 0. The van der Waals surface area contributed by atoms with Crippen LogP contribution in [0.3, 0.4) is 0 Å². The molecule has 0 spiro atoms. The Labute approximate surface area is 99.7 Å². The monoisotopic (exact) mass is 226 g/mol. The van der Waals surface area contributed by atoms with E-state index in [9.17, 15) is 4.79 Å². The number of unbranched alkanes of at least 4 members (excludes halogenated alkanes) is 7. The average Bonchev–Trinajstić information content (AvgIpc) is 2.30. The first-order valence-electron chi connectivity index (χ1n) is 6.61. The average molecular weight is 226 g/mol. The largest absolute Gasteiger partial charge is 0.392 e. The van der Waals surface area contributed by atoms with Crippen molar-refractivity contribution < 1.29 is 9.90 Å². The molecular formula is C14H26O2. The van der Waals surface area contributed by atoms with Crippen molar-refractivity contribution in [2.24, 2.45) is 0 Å². The van der Waals surface area contributed by atoms with Crippen LogP contribution in [0.15, 0.2) is 12.2 Å². The number of rotatable bonds is 11. The minimum atomic E-state index is -0.0385. The Morgan fingerprint density at radius 1 is 1.00 bits per heavy atom. The van der Waals surface area contributed by atoms with E-state index in [2.05, 4.69) is 6.92 Å². The summed E-state index contributed by atoms with van der Waals surface area (Å²) in [5.41, 5.74) is 0. The number of hydrogen-bond acceptors (Lipinski definition) is 2. The summed E-state index contributed by atoms with van der Waals surface area (Å²) < 4.78 is 0. The topological polar surface area (TPSA) is 37.3 Å². The summed E-state index contributed by atoms with van der Waals surface area (Å²) in [4.78, 5) is 11.2. The predicted octanol–water partition coefficient (Wildman–Crippen LogP) is 3.63. The minimum Gasteiger partial charge on any atom is -0.392 e. The van der Waals surface area contributed by atoms with Gasteiger partial charge >= 0.3 is 0 Å². The first kappa shape index (κ1) is 15.4. The van der Waals surface area contributed by atoms with Crippen LogP contribution in [0.25, 0.3) is 0 Å². The zero-order chi connectivity index (χ0) is 12.1. The van der Waals surface area contributed by atoms with Crippen LogP contribution in [0.2, 0.25) is 0 Å². The molecule has 0 aliphatic rings. The molecule has 0 fully saturated rings. The second-order valence-electron chi connectivity index (χ2n) is 4.28. The van der Waals surface area contributed by atoms with Gasteiger partial charge in [0, 0.05) is 6.42 Å². The SMILES string of the molecule is CCCCCCCCCCC(=O)/C=C/CO. The lowest BCUT2D eigenvalue weighted by molar-refractivity contribution is -0.114. The van der Waals surface area contributed by atoms with Crippen LogP contribution in [0.1, 0.15) is 64.7 Å². The molecule has 0 atom stereocenters. The van der Waals surface area contributed by atoms with E-state index >= 15 is 0 Å². The van der Waals surface area contributed by atoms with Gasteiger partial charge in [0.2, 0.25) is 0 Å². The van der Waals surface area contributed by atoms with E-state index in [0.717, 1.165) is 12.8 Å². The Morgan fingerprint density at radius 3 is 2.12 bits per heavy atom. The molecule has 16 heavy (non-hydrogen) atoms. The highest BCUT2D eigenvalue weighted by molar-refractivity contribution is 5.89. The van der Waals surface area contributed by atoms with Gasteiger partial charge in [0.05, 0.1) is 6.61 Å². The molecule has 0 aromatic rings. The zero-order valence-electron chi connectivity index (χ0n) is 10.6. The maximum Gasteiger partial charge on any atom is 0.155 e. The van der Waals surface area contributed by atoms with Crippen LogP contribution >= 0.6 is 0 Å². The number of aliphatic hydroxyl groups is 1. The standard InChI is InChI=1S/C14H26O2/c1-2-3-4-5-6-7-8-9-11-14(16)12-10-13-15/h10,12,15H,2-9,11,13H2,1H3/b12-10+. The van der Waals surface area contributed by atoms with Crippen molar-refractivity contribution in [3.05, 3.63) is 12.2 Å².